The predicted octanol–water partition coefficient (Wildman–Crippen LogP) is 4.78. The second-order valence-corrected chi connectivity index (χ2v) is 8.24. The number of amides is 1. The predicted molar refractivity (Wildman–Crippen MR) is 140 cm³/mol. The third-order valence-corrected chi connectivity index (χ3v) is 5.55. The molecule has 1 N–H and O–H groups in total. The average Bonchev–Trinajstić information content (AvgIpc) is 3.22. The lowest BCUT2D eigenvalue weighted by Gasteiger charge is -2.07. The molecule has 5 rings (SSSR count). The molecule has 178 valence electrons. The molecular formula is C29H24N4O3. The average molecular weight is 477 g/mol. The van der Waals surface area contributed by atoms with Crippen molar-refractivity contribution in [3.63, 3.8) is 0 Å². The lowest BCUT2D eigenvalue weighted by atomic mass is 10.2. The Morgan fingerprint density at radius 3 is 2.56 bits per heavy atom. The Kier molecular flexibility index (Phi) is 6.71. The molecule has 0 aliphatic carbocycles. The fraction of sp³-hybridized carbons (Fsp3) is 0.0690. The summed E-state index contributed by atoms with van der Waals surface area (Å²) in [6, 6.07) is 30.3. The highest BCUT2D eigenvalue weighted by Gasteiger charge is 2.07. The molecule has 1 amide bonds. The van der Waals surface area contributed by atoms with Gasteiger partial charge in [0.15, 0.2) is 5.65 Å². The zero-order valence-corrected chi connectivity index (χ0v) is 19.5. The van der Waals surface area contributed by atoms with Crippen molar-refractivity contribution in [1.29, 1.82) is 0 Å². The molecule has 0 bridgehead atoms. The van der Waals surface area contributed by atoms with Gasteiger partial charge in [0, 0.05) is 18.0 Å². The first-order chi connectivity index (χ1) is 17.6. The van der Waals surface area contributed by atoms with Crippen LogP contribution in [-0.4, -0.2) is 20.1 Å². The maximum absolute atomic E-state index is 12.5. The number of benzene rings is 3. The van der Waals surface area contributed by atoms with Crippen LogP contribution in [-0.2, 0) is 17.9 Å². The van der Waals surface area contributed by atoms with Gasteiger partial charge in [0.05, 0.1) is 6.54 Å². The number of carbonyl (C=O) groups is 1. The minimum atomic E-state index is -0.257. The molecule has 2 heterocycles. The summed E-state index contributed by atoms with van der Waals surface area (Å²) in [5.41, 5.74) is 3.82. The third kappa shape index (κ3) is 5.59. The highest BCUT2D eigenvalue weighted by molar-refractivity contribution is 6.02. The Morgan fingerprint density at radius 2 is 1.69 bits per heavy atom. The van der Waals surface area contributed by atoms with Gasteiger partial charge in [-0.05, 0) is 59.2 Å². The number of nitrogens with one attached hydrogen (secondary N) is 1. The Labute approximate surface area is 207 Å². The van der Waals surface area contributed by atoms with Gasteiger partial charge in [-0.15, -0.1) is 5.10 Å². The summed E-state index contributed by atoms with van der Waals surface area (Å²) >= 11 is 0. The largest absolute Gasteiger partial charge is 0.489 e. The fourth-order valence-corrected chi connectivity index (χ4v) is 3.80. The molecule has 0 spiro atoms. The minimum absolute atomic E-state index is 0.210. The number of anilines is 1. The Balaban J connectivity index is 1.21. The quantitative estimate of drug-likeness (QED) is 0.327. The number of aromatic nitrogens is 3. The van der Waals surface area contributed by atoms with Crippen molar-refractivity contribution < 1.29 is 9.53 Å². The molecule has 2 aromatic heterocycles. The second kappa shape index (κ2) is 10.6. The molecule has 0 unspecified atom stereocenters. The van der Waals surface area contributed by atoms with E-state index >= 15 is 0 Å². The third-order valence-electron chi connectivity index (χ3n) is 5.55. The van der Waals surface area contributed by atoms with E-state index < -0.39 is 0 Å². The molecule has 0 saturated heterocycles. The van der Waals surface area contributed by atoms with Gasteiger partial charge in [0.1, 0.15) is 12.4 Å². The molecule has 7 heteroatoms. The highest BCUT2D eigenvalue weighted by Crippen LogP contribution is 2.17. The lowest BCUT2D eigenvalue weighted by Crippen LogP contribution is -2.21. The second-order valence-electron chi connectivity index (χ2n) is 8.24. The number of hydrogen-bond acceptors (Lipinski definition) is 4. The van der Waals surface area contributed by atoms with Crippen LogP contribution >= 0.6 is 0 Å². The van der Waals surface area contributed by atoms with Gasteiger partial charge >= 0.3 is 5.69 Å². The molecule has 0 saturated carbocycles. The van der Waals surface area contributed by atoms with Gasteiger partial charge in [0.25, 0.3) is 0 Å². The van der Waals surface area contributed by atoms with Gasteiger partial charge < -0.3 is 10.1 Å². The van der Waals surface area contributed by atoms with E-state index in [1.807, 2.05) is 78.9 Å². The molecule has 0 radical (unpaired) electrons. The molecule has 7 nitrogen and oxygen atoms in total. The first-order valence-corrected chi connectivity index (χ1v) is 11.5. The molecule has 0 aliphatic heterocycles. The zero-order chi connectivity index (χ0) is 24.7. The van der Waals surface area contributed by atoms with E-state index in [0.717, 1.165) is 22.4 Å². The summed E-state index contributed by atoms with van der Waals surface area (Å²) in [4.78, 5) is 25.1. The van der Waals surface area contributed by atoms with Crippen LogP contribution in [0.25, 0.3) is 11.7 Å². The summed E-state index contributed by atoms with van der Waals surface area (Å²) in [6.45, 7) is 0.780. The standard InChI is InChI=1S/C29H24N4O3/c34-28(16-15-22-10-7-13-26(19-22)36-21-23-8-2-1-3-9-23)30-25-12-6-11-24(18-25)20-33-29(35)32-17-5-4-14-27(32)31-33/h1-19H,20-21H2,(H,30,34)/b16-15+. The van der Waals surface area contributed by atoms with Crippen LogP contribution < -0.4 is 15.7 Å². The van der Waals surface area contributed by atoms with Gasteiger partial charge in [-0.25, -0.2) is 9.48 Å². The Hall–Kier alpha value is -4.91. The number of rotatable bonds is 8. The first-order valence-electron chi connectivity index (χ1n) is 11.5. The van der Waals surface area contributed by atoms with Crippen molar-refractivity contribution in [2.75, 3.05) is 5.32 Å². The van der Waals surface area contributed by atoms with E-state index in [1.165, 1.54) is 15.2 Å². The van der Waals surface area contributed by atoms with Crippen LogP contribution in [0.3, 0.4) is 0 Å². The molecule has 0 aliphatic rings. The van der Waals surface area contributed by atoms with Crippen LogP contribution in [0.15, 0.2) is 114 Å². The lowest BCUT2D eigenvalue weighted by molar-refractivity contribution is -0.111. The number of pyridine rings is 1. The number of carbonyl (C=O) groups excluding carboxylic acids is 1. The van der Waals surface area contributed by atoms with Gasteiger partial charge in [-0.2, -0.15) is 0 Å². The summed E-state index contributed by atoms with van der Waals surface area (Å²) in [6.07, 6.45) is 4.91. The van der Waals surface area contributed by atoms with E-state index in [1.54, 1.807) is 30.5 Å². The maximum Gasteiger partial charge on any atom is 0.350 e. The monoisotopic (exact) mass is 476 g/mol. The Morgan fingerprint density at radius 1 is 0.889 bits per heavy atom. The first kappa shape index (κ1) is 22.9. The maximum atomic E-state index is 12.5. The molecule has 36 heavy (non-hydrogen) atoms. The number of ether oxygens (including phenoxy) is 1. The molecule has 0 atom stereocenters. The number of fused-ring (bicyclic) bond motifs is 1. The van der Waals surface area contributed by atoms with Crippen LogP contribution in [0.4, 0.5) is 5.69 Å². The molecule has 5 aromatic rings. The van der Waals surface area contributed by atoms with E-state index in [0.29, 0.717) is 24.5 Å². The number of nitrogens with zero attached hydrogens (tertiary/aromatic N) is 3. The molecular weight excluding hydrogens is 452 g/mol. The Bertz CT molecular complexity index is 1590. The molecule has 3 aromatic carbocycles. The fourth-order valence-electron chi connectivity index (χ4n) is 3.80. The SMILES string of the molecule is O=C(/C=C/c1cccc(OCc2ccccc2)c1)Nc1cccc(Cn2nc3ccccn3c2=O)c1. The summed E-state index contributed by atoms with van der Waals surface area (Å²) in [5, 5.41) is 7.23. The molecule has 0 fully saturated rings. The van der Waals surface area contributed by atoms with Crippen LogP contribution in [0.1, 0.15) is 16.7 Å². The van der Waals surface area contributed by atoms with Crippen molar-refractivity contribution in [1.82, 2.24) is 14.2 Å². The topological polar surface area (TPSA) is 77.6 Å². The van der Waals surface area contributed by atoms with E-state index in [9.17, 15) is 9.59 Å². The number of hydrogen-bond donors (Lipinski definition) is 1. The van der Waals surface area contributed by atoms with E-state index in [4.69, 9.17) is 4.74 Å². The normalized spacial score (nSPS) is 11.1. The minimum Gasteiger partial charge on any atom is -0.489 e. The van der Waals surface area contributed by atoms with Crippen molar-refractivity contribution in [2.24, 2.45) is 0 Å². The van der Waals surface area contributed by atoms with Crippen LogP contribution in [0.5, 0.6) is 5.75 Å². The summed E-state index contributed by atoms with van der Waals surface area (Å²) in [5.74, 6) is 0.476. The summed E-state index contributed by atoms with van der Waals surface area (Å²) < 4.78 is 8.76. The van der Waals surface area contributed by atoms with Crippen molar-refractivity contribution >= 4 is 23.3 Å². The van der Waals surface area contributed by atoms with Gasteiger partial charge in [0.2, 0.25) is 5.91 Å². The summed E-state index contributed by atoms with van der Waals surface area (Å²) in [7, 11) is 0. The zero-order valence-electron chi connectivity index (χ0n) is 19.5. The smallest absolute Gasteiger partial charge is 0.350 e. The van der Waals surface area contributed by atoms with Crippen LogP contribution in [0.2, 0.25) is 0 Å². The highest BCUT2D eigenvalue weighted by atomic mass is 16.5. The van der Waals surface area contributed by atoms with Gasteiger partial charge in [-0.1, -0.05) is 60.7 Å². The van der Waals surface area contributed by atoms with E-state index in [-0.39, 0.29) is 11.6 Å². The van der Waals surface area contributed by atoms with Crippen LogP contribution in [0, 0.1) is 0 Å². The van der Waals surface area contributed by atoms with E-state index in [2.05, 4.69) is 10.4 Å². The van der Waals surface area contributed by atoms with Crippen molar-refractivity contribution in [3.05, 3.63) is 137 Å². The van der Waals surface area contributed by atoms with Crippen molar-refractivity contribution in [3.8, 4) is 5.75 Å². The van der Waals surface area contributed by atoms with Gasteiger partial charge in [-0.3, -0.25) is 9.20 Å². The van der Waals surface area contributed by atoms with Crippen molar-refractivity contribution in [2.45, 2.75) is 13.2 Å².